The minimum absolute atomic E-state index is 0.118. The van der Waals surface area contributed by atoms with Gasteiger partial charge in [-0.15, -0.1) is 0 Å². The van der Waals surface area contributed by atoms with Crippen molar-refractivity contribution in [3.05, 3.63) is 29.8 Å². The lowest BCUT2D eigenvalue weighted by Crippen LogP contribution is -2.27. The van der Waals surface area contributed by atoms with Crippen LogP contribution >= 0.6 is 0 Å². The second kappa shape index (κ2) is 4.96. The van der Waals surface area contributed by atoms with Gasteiger partial charge in [0, 0.05) is 24.3 Å². The first-order valence-corrected chi connectivity index (χ1v) is 5.40. The quantitative estimate of drug-likeness (QED) is 0.704. The summed E-state index contributed by atoms with van der Waals surface area (Å²) in [6, 6.07) is 8.30. The predicted molar refractivity (Wildman–Crippen MR) is 64.6 cm³/mol. The van der Waals surface area contributed by atoms with E-state index < -0.39 is 0 Å². The van der Waals surface area contributed by atoms with Crippen LogP contribution < -0.4 is 4.90 Å². The van der Waals surface area contributed by atoms with Crippen molar-refractivity contribution in [1.82, 2.24) is 0 Å². The number of ketones is 1. The van der Waals surface area contributed by atoms with E-state index in [1.165, 1.54) is 0 Å². The molecule has 0 saturated heterocycles. The molecule has 0 aromatic heterocycles. The van der Waals surface area contributed by atoms with E-state index in [1.807, 2.05) is 24.3 Å². The maximum atomic E-state index is 11.1. The molecule has 0 amide bonds. The van der Waals surface area contributed by atoms with Crippen LogP contribution in [-0.4, -0.2) is 18.9 Å². The molecule has 1 unspecified atom stereocenters. The molecule has 1 rings (SSSR count). The lowest BCUT2D eigenvalue weighted by atomic mass is 10.1. The average molecular weight is 205 g/mol. The van der Waals surface area contributed by atoms with Gasteiger partial charge in [0.05, 0.1) is 0 Å². The molecule has 1 aromatic carbocycles. The fourth-order valence-electron chi connectivity index (χ4n) is 1.46. The summed E-state index contributed by atoms with van der Waals surface area (Å²) < 4.78 is 0. The maximum absolute atomic E-state index is 11.1. The normalized spacial score (nSPS) is 12.3. The zero-order valence-corrected chi connectivity index (χ0v) is 9.95. The first kappa shape index (κ1) is 11.8. The molecule has 1 aromatic rings. The van der Waals surface area contributed by atoms with E-state index in [-0.39, 0.29) is 5.78 Å². The highest BCUT2D eigenvalue weighted by Gasteiger charge is 2.07. The molecule has 2 heteroatoms. The number of nitrogens with zero attached hydrogens (tertiary/aromatic N) is 1. The number of hydrogen-bond donors (Lipinski definition) is 0. The Hall–Kier alpha value is -1.31. The van der Waals surface area contributed by atoms with E-state index in [2.05, 4.69) is 25.8 Å². The average Bonchev–Trinajstić information content (AvgIpc) is 2.27. The third-order valence-corrected chi connectivity index (χ3v) is 2.93. The molecule has 0 fully saturated rings. The van der Waals surface area contributed by atoms with Crippen LogP contribution in [0.1, 0.15) is 37.6 Å². The summed E-state index contributed by atoms with van der Waals surface area (Å²) in [5.41, 5.74) is 1.94. The summed E-state index contributed by atoms with van der Waals surface area (Å²) in [5, 5.41) is 0. The number of hydrogen-bond acceptors (Lipinski definition) is 2. The standard InChI is InChI=1S/C13H19NO/c1-5-10(2)14(4)13-8-6-12(7-9-13)11(3)15/h6-10H,5H2,1-4H3. The highest BCUT2D eigenvalue weighted by Crippen LogP contribution is 2.17. The van der Waals surface area contributed by atoms with Gasteiger partial charge in [-0.25, -0.2) is 0 Å². The zero-order chi connectivity index (χ0) is 11.4. The van der Waals surface area contributed by atoms with Crippen molar-refractivity contribution in [3.63, 3.8) is 0 Å². The first-order chi connectivity index (χ1) is 7.06. The van der Waals surface area contributed by atoms with E-state index in [4.69, 9.17) is 0 Å². The SMILES string of the molecule is CCC(C)N(C)c1ccc(C(C)=O)cc1. The molecule has 15 heavy (non-hydrogen) atoms. The summed E-state index contributed by atoms with van der Waals surface area (Å²) >= 11 is 0. The van der Waals surface area contributed by atoms with Gasteiger partial charge in [0.2, 0.25) is 0 Å². The Balaban J connectivity index is 2.84. The number of carbonyl (C=O) groups is 1. The van der Waals surface area contributed by atoms with Crippen LogP contribution in [0.15, 0.2) is 24.3 Å². The zero-order valence-electron chi connectivity index (χ0n) is 9.95. The summed E-state index contributed by atoms with van der Waals surface area (Å²) in [6.07, 6.45) is 1.12. The van der Waals surface area contributed by atoms with Crippen molar-refractivity contribution in [2.75, 3.05) is 11.9 Å². The molecule has 0 aliphatic carbocycles. The smallest absolute Gasteiger partial charge is 0.159 e. The van der Waals surface area contributed by atoms with Crippen molar-refractivity contribution >= 4 is 11.5 Å². The third-order valence-electron chi connectivity index (χ3n) is 2.93. The Morgan fingerprint density at radius 2 is 1.87 bits per heavy atom. The number of Topliss-reactive ketones (excluding diaryl/α,β-unsaturated/α-hetero) is 1. The highest BCUT2D eigenvalue weighted by atomic mass is 16.1. The molecular formula is C13H19NO. The second-order valence-corrected chi connectivity index (χ2v) is 3.97. The van der Waals surface area contributed by atoms with E-state index in [0.29, 0.717) is 6.04 Å². The van der Waals surface area contributed by atoms with Crippen LogP contribution in [0.2, 0.25) is 0 Å². The van der Waals surface area contributed by atoms with Crippen LogP contribution in [0, 0.1) is 0 Å². The van der Waals surface area contributed by atoms with Gasteiger partial charge in [0.25, 0.3) is 0 Å². The number of anilines is 1. The molecule has 0 bridgehead atoms. The minimum atomic E-state index is 0.118. The lowest BCUT2D eigenvalue weighted by molar-refractivity contribution is 0.101. The molecule has 0 aliphatic rings. The predicted octanol–water partition coefficient (Wildman–Crippen LogP) is 3.12. The molecule has 0 N–H and O–H groups in total. The summed E-state index contributed by atoms with van der Waals surface area (Å²) in [4.78, 5) is 13.3. The Morgan fingerprint density at radius 1 is 1.33 bits per heavy atom. The van der Waals surface area contributed by atoms with Gasteiger partial charge in [-0.1, -0.05) is 6.92 Å². The van der Waals surface area contributed by atoms with E-state index in [1.54, 1.807) is 6.92 Å². The van der Waals surface area contributed by atoms with Crippen LogP contribution in [0.5, 0.6) is 0 Å². The van der Waals surface area contributed by atoms with Crippen molar-refractivity contribution in [2.24, 2.45) is 0 Å². The second-order valence-electron chi connectivity index (χ2n) is 3.97. The Kier molecular flexibility index (Phi) is 3.89. The number of benzene rings is 1. The molecule has 82 valence electrons. The van der Waals surface area contributed by atoms with Crippen molar-refractivity contribution in [3.8, 4) is 0 Å². The summed E-state index contributed by atoms with van der Waals surface area (Å²) in [7, 11) is 2.08. The molecule has 1 atom stereocenters. The highest BCUT2D eigenvalue weighted by molar-refractivity contribution is 5.94. The van der Waals surface area contributed by atoms with Gasteiger partial charge in [-0.05, 0) is 44.5 Å². The van der Waals surface area contributed by atoms with Crippen LogP contribution in [0.4, 0.5) is 5.69 Å². The number of rotatable bonds is 4. The lowest BCUT2D eigenvalue weighted by Gasteiger charge is -2.26. The van der Waals surface area contributed by atoms with E-state index in [9.17, 15) is 4.79 Å². The van der Waals surface area contributed by atoms with Gasteiger partial charge in [0.15, 0.2) is 5.78 Å². The van der Waals surface area contributed by atoms with Gasteiger partial charge in [-0.3, -0.25) is 4.79 Å². The van der Waals surface area contributed by atoms with Gasteiger partial charge in [-0.2, -0.15) is 0 Å². The Morgan fingerprint density at radius 3 is 2.27 bits per heavy atom. The largest absolute Gasteiger partial charge is 0.372 e. The van der Waals surface area contributed by atoms with Crippen LogP contribution in [0.3, 0.4) is 0 Å². The van der Waals surface area contributed by atoms with Crippen LogP contribution in [0.25, 0.3) is 0 Å². The van der Waals surface area contributed by atoms with Gasteiger partial charge >= 0.3 is 0 Å². The minimum Gasteiger partial charge on any atom is -0.372 e. The topological polar surface area (TPSA) is 20.3 Å². The molecule has 0 spiro atoms. The van der Waals surface area contributed by atoms with Crippen molar-refractivity contribution < 1.29 is 4.79 Å². The fourth-order valence-corrected chi connectivity index (χ4v) is 1.46. The van der Waals surface area contributed by atoms with Crippen LogP contribution in [-0.2, 0) is 0 Å². The van der Waals surface area contributed by atoms with Crippen molar-refractivity contribution in [1.29, 1.82) is 0 Å². The Bertz CT molecular complexity index is 329. The molecule has 2 nitrogen and oxygen atoms in total. The van der Waals surface area contributed by atoms with Crippen molar-refractivity contribution in [2.45, 2.75) is 33.2 Å². The van der Waals surface area contributed by atoms with Gasteiger partial charge < -0.3 is 4.90 Å². The maximum Gasteiger partial charge on any atom is 0.159 e. The Labute approximate surface area is 91.9 Å². The first-order valence-electron chi connectivity index (χ1n) is 5.40. The molecule has 0 heterocycles. The summed E-state index contributed by atoms with van der Waals surface area (Å²) in [6.45, 7) is 5.96. The van der Waals surface area contributed by atoms with Gasteiger partial charge in [0.1, 0.15) is 0 Å². The summed E-state index contributed by atoms with van der Waals surface area (Å²) in [5.74, 6) is 0.118. The molecule has 0 radical (unpaired) electrons. The third kappa shape index (κ3) is 2.82. The monoisotopic (exact) mass is 205 g/mol. The molecular weight excluding hydrogens is 186 g/mol. The van der Waals surface area contributed by atoms with E-state index in [0.717, 1.165) is 17.7 Å². The molecule has 0 aliphatic heterocycles. The number of carbonyl (C=O) groups excluding carboxylic acids is 1. The van der Waals surface area contributed by atoms with E-state index >= 15 is 0 Å². The fraction of sp³-hybridized carbons (Fsp3) is 0.462. The molecule has 0 saturated carbocycles.